The fourth-order valence-electron chi connectivity index (χ4n) is 2.08. The van der Waals surface area contributed by atoms with Gasteiger partial charge in [-0.3, -0.25) is 0 Å². The Morgan fingerprint density at radius 3 is 2.68 bits per heavy atom. The van der Waals surface area contributed by atoms with Crippen LogP contribution in [0, 0.1) is 0 Å². The van der Waals surface area contributed by atoms with Crippen molar-refractivity contribution in [3.05, 3.63) is 0 Å². The van der Waals surface area contributed by atoms with Crippen LogP contribution in [0.25, 0.3) is 0 Å². The van der Waals surface area contributed by atoms with Crippen molar-refractivity contribution in [3.63, 3.8) is 0 Å². The summed E-state index contributed by atoms with van der Waals surface area (Å²) in [7, 11) is 0. The van der Waals surface area contributed by atoms with E-state index in [4.69, 9.17) is 4.74 Å². The van der Waals surface area contributed by atoms with Gasteiger partial charge in [-0.15, -0.1) is 5.12 Å². The topological polar surface area (TPSA) is 85.9 Å². The van der Waals surface area contributed by atoms with E-state index in [0.29, 0.717) is 6.61 Å². The molecule has 2 aliphatic rings. The SMILES string of the molecule is CCOC1NN2N(C(=O)NC(C)(C)C)C(=O)NC12C. The molecule has 3 N–H and O–H groups in total. The molecule has 0 bridgehead atoms. The number of fused-ring (bicyclic) bond motifs is 1. The van der Waals surface area contributed by atoms with Gasteiger partial charge in [0.1, 0.15) is 0 Å². The minimum atomic E-state index is -0.734. The summed E-state index contributed by atoms with van der Waals surface area (Å²) in [4.78, 5) is 24.0. The van der Waals surface area contributed by atoms with Gasteiger partial charge in [0.15, 0.2) is 11.9 Å². The Morgan fingerprint density at radius 2 is 2.16 bits per heavy atom. The van der Waals surface area contributed by atoms with Gasteiger partial charge in [0, 0.05) is 12.1 Å². The van der Waals surface area contributed by atoms with Crippen LogP contribution < -0.4 is 16.1 Å². The molecule has 2 unspecified atom stereocenters. The number of nitrogens with zero attached hydrogens (tertiary/aromatic N) is 2. The number of carbonyl (C=O) groups is 2. The Labute approximate surface area is 112 Å². The van der Waals surface area contributed by atoms with Crippen molar-refractivity contribution >= 4 is 12.1 Å². The van der Waals surface area contributed by atoms with E-state index < -0.39 is 23.3 Å². The van der Waals surface area contributed by atoms with Crippen LogP contribution in [-0.4, -0.2) is 46.2 Å². The Balaban J connectivity index is 2.09. The average molecular weight is 271 g/mol. The number of urea groups is 2. The van der Waals surface area contributed by atoms with Crippen molar-refractivity contribution in [1.82, 2.24) is 26.2 Å². The number of hydrazine groups is 2. The van der Waals surface area contributed by atoms with E-state index in [1.54, 1.807) is 6.92 Å². The number of nitrogens with one attached hydrogen (secondary N) is 3. The Morgan fingerprint density at radius 1 is 1.53 bits per heavy atom. The van der Waals surface area contributed by atoms with E-state index in [9.17, 15) is 9.59 Å². The highest BCUT2D eigenvalue weighted by atomic mass is 16.5. The van der Waals surface area contributed by atoms with E-state index >= 15 is 0 Å². The van der Waals surface area contributed by atoms with Crippen molar-refractivity contribution in [2.75, 3.05) is 6.61 Å². The van der Waals surface area contributed by atoms with Crippen LogP contribution in [0.2, 0.25) is 0 Å². The molecule has 19 heavy (non-hydrogen) atoms. The van der Waals surface area contributed by atoms with E-state index in [1.807, 2.05) is 27.7 Å². The Kier molecular flexibility index (Phi) is 3.20. The molecule has 0 aliphatic carbocycles. The van der Waals surface area contributed by atoms with E-state index in [-0.39, 0.29) is 6.23 Å². The molecule has 2 saturated heterocycles. The first kappa shape index (κ1) is 14.0. The molecule has 2 aliphatic heterocycles. The quantitative estimate of drug-likeness (QED) is 0.674. The molecule has 0 aromatic rings. The minimum absolute atomic E-state index is 0.339. The minimum Gasteiger partial charge on any atom is -0.358 e. The molecular formula is C11H21N5O3. The predicted molar refractivity (Wildman–Crippen MR) is 67.4 cm³/mol. The second-order valence-electron chi connectivity index (χ2n) is 5.85. The lowest BCUT2D eigenvalue weighted by molar-refractivity contribution is -0.257. The maximum atomic E-state index is 12.1. The molecular weight excluding hydrogens is 250 g/mol. The van der Waals surface area contributed by atoms with Crippen LogP contribution in [0.3, 0.4) is 0 Å². The molecule has 0 saturated carbocycles. The van der Waals surface area contributed by atoms with E-state index in [1.165, 1.54) is 5.12 Å². The molecule has 8 heteroatoms. The number of rotatable bonds is 2. The zero-order chi connectivity index (χ0) is 14.4. The maximum Gasteiger partial charge on any atom is 0.343 e. The molecule has 4 amide bonds. The fourth-order valence-corrected chi connectivity index (χ4v) is 2.08. The van der Waals surface area contributed by atoms with Gasteiger partial charge >= 0.3 is 12.1 Å². The van der Waals surface area contributed by atoms with Crippen molar-refractivity contribution in [1.29, 1.82) is 0 Å². The summed E-state index contributed by atoms with van der Waals surface area (Å²) in [5.74, 6) is 0. The molecule has 0 aromatic heterocycles. The van der Waals surface area contributed by atoms with Gasteiger partial charge in [0.25, 0.3) is 0 Å². The summed E-state index contributed by atoms with van der Waals surface area (Å²) < 4.78 is 5.45. The first-order valence-corrected chi connectivity index (χ1v) is 6.31. The van der Waals surface area contributed by atoms with E-state index in [2.05, 4.69) is 16.1 Å². The second-order valence-corrected chi connectivity index (χ2v) is 5.85. The predicted octanol–water partition coefficient (Wildman–Crippen LogP) is 0.334. The fraction of sp³-hybridized carbons (Fsp3) is 0.818. The van der Waals surface area contributed by atoms with Gasteiger partial charge in [-0.25, -0.2) is 15.0 Å². The molecule has 0 aromatic carbocycles. The zero-order valence-electron chi connectivity index (χ0n) is 11.9. The van der Waals surface area contributed by atoms with Crippen LogP contribution in [0.4, 0.5) is 9.59 Å². The summed E-state index contributed by atoms with van der Waals surface area (Å²) in [6, 6.07) is -0.949. The van der Waals surface area contributed by atoms with Gasteiger partial charge in [-0.1, -0.05) is 0 Å². The van der Waals surface area contributed by atoms with Crippen LogP contribution in [0.15, 0.2) is 0 Å². The summed E-state index contributed by atoms with van der Waals surface area (Å²) in [5, 5.41) is 7.96. The molecule has 8 nitrogen and oxygen atoms in total. The summed E-state index contributed by atoms with van der Waals surface area (Å²) in [5.41, 5.74) is 1.77. The number of hydrogen-bond donors (Lipinski definition) is 3. The first-order valence-electron chi connectivity index (χ1n) is 6.31. The third-order valence-corrected chi connectivity index (χ3v) is 2.95. The lowest BCUT2D eigenvalue weighted by Gasteiger charge is -2.51. The number of imide groups is 1. The summed E-state index contributed by atoms with van der Waals surface area (Å²) >= 11 is 0. The van der Waals surface area contributed by atoms with Gasteiger partial charge in [0.05, 0.1) is 0 Å². The largest absolute Gasteiger partial charge is 0.358 e. The van der Waals surface area contributed by atoms with Crippen molar-refractivity contribution in [2.45, 2.75) is 52.0 Å². The molecule has 108 valence electrons. The lowest BCUT2D eigenvalue weighted by Crippen LogP contribution is -2.81. The molecule has 0 spiro atoms. The van der Waals surface area contributed by atoms with Crippen LogP contribution in [0.1, 0.15) is 34.6 Å². The third-order valence-electron chi connectivity index (χ3n) is 2.95. The van der Waals surface area contributed by atoms with Crippen LogP contribution in [-0.2, 0) is 4.74 Å². The molecule has 0 radical (unpaired) electrons. The highest BCUT2D eigenvalue weighted by Gasteiger charge is 2.63. The third kappa shape index (κ3) is 2.26. The second kappa shape index (κ2) is 4.32. The normalized spacial score (nSPS) is 30.7. The summed E-state index contributed by atoms with van der Waals surface area (Å²) in [6.07, 6.45) is -0.339. The first-order chi connectivity index (χ1) is 8.69. The van der Waals surface area contributed by atoms with Gasteiger partial charge in [-0.2, -0.15) is 5.01 Å². The highest BCUT2D eigenvalue weighted by molar-refractivity contribution is 5.95. The maximum absolute atomic E-state index is 12.1. The molecule has 2 heterocycles. The summed E-state index contributed by atoms with van der Waals surface area (Å²) in [6.45, 7) is 9.74. The van der Waals surface area contributed by atoms with Gasteiger partial charge in [-0.05, 0) is 34.6 Å². The monoisotopic (exact) mass is 271 g/mol. The van der Waals surface area contributed by atoms with Crippen LogP contribution in [0.5, 0.6) is 0 Å². The Bertz CT molecular complexity index is 408. The van der Waals surface area contributed by atoms with Crippen molar-refractivity contribution in [3.8, 4) is 0 Å². The number of amides is 4. The van der Waals surface area contributed by atoms with E-state index in [0.717, 1.165) is 5.01 Å². The van der Waals surface area contributed by atoms with Gasteiger partial charge in [0.2, 0.25) is 0 Å². The van der Waals surface area contributed by atoms with Crippen molar-refractivity contribution in [2.24, 2.45) is 0 Å². The number of carbonyl (C=O) groups excluding carboxylic acids is 2. The standard InChI is InChI=1S/C11H21N5O3/c1-6-19-7-11(5)13-9(18)15(16(11)14-7)8(17)12-10(2,3)4/h7,14H,6H2,1-5H3,(H,12,17)(H,13,18). The zero-order valence-corrected chi connectivity index (χ0v) is 11.9. The molecule has 2 fully saturated rings. The Hall–Kier alpha value is -1.38. The van der Waals surface area contributed by atoms with Gasteiger partial charge < -0.3 is 15.4 Å². The molecule has 2 rings (SSSR count). The highest BCUT2D eigenvalue weighted by Crippen LogP contribution is 2.32. The molecule has 2 atom stereocenters. The van der Waals surface area contributed by atoms with Crippen LogP contribution >= 0.6 is 0 Å². The smallest absolute Gasteiger partial charge is 0.343 e. The number of ether oxygens (including phenoxy) is 1. The number of hydrogen-bond acceptors (Lipinski definition) is 5. The van der Waals surface area contributed by atoms with Crippen molar-refractivity contribution < 1.29 is 14.3 Å². The average Bonchev–Trinajstić information content (AvgIpc) is 2.43. The lowest BCUT2D eigenvalue weighted by atomic mass is 10.1.